The number of aromatic amines is 1. The average Bonchev–Trinajstić information content (AvgIpc) is 3.16. The average molecular weight is 358 g/mol. The van der Waals surface area contributed by atoms with E-state index in [-0.39, 0.29) is 11.3 Å². The second kappa shape index (κ2) is 5.96. The summed E-state index contributed by atoms with van der Waals surface area (Å²) < 4.78 is 28.2. The Morgan fingerprint density at radius 1 is 1.20 bits per heavy atom. The van der Waals surface area contributed by atoms with E-state index in [0.717, 1.165) is 23.2 Å². The Bertz CT molecular complexity index is 1100. The van der Waals surface area contributed by atoms with E-state index >= 15 is 0 Å². The van der Waals surface area contributed by atoms with E-state index in [9.17, 15) is 13.6 Å². The number of para-hydroxylation sites is 2. The zero-order chi connectivity index (χ0) is 17.6. The summed E-state index contributed by atoms with van der Waals surface area (Å²) in [6, 6.07) is 10.7. The number of fused-ring (bicyclic) bond motifs is 3. The quantitative estimate of drug-likeness (QED) is 0.445. The van der Waals surface area contributed by atoms with Gasteiger partial charge in [-0.05, 0) is 37.3 Å². The maximum Gasteiger partial charge on any atom is 0.231 e. The number of thioether (sulfide) groups is 1. The highest BCUT2D eigenvalue weighted by Gasteiger charge is 2.21. The molecule has 0 aliphatic carbocycles. The van der Waals surface area contributed by atoms with Crippen LogP contribution in [0, 0.1) is 11.6 Å². The summed E-state index contributed by atoms with van der Waals surface area (Å²) in [5, 5.41) is 7.09. The molecule has 8 heteroatoms. The summed E-state index contributed by atoms with van der Waals surface area (Å²) in [6.45, 7) is 1.70. The molecule has 0 spiro atoms. The predicted octanol–water partition coefficient (Wildman–Crippen LogP) is 3.85. The maximum atomic E-state index is 13.4. The Labute approximate surface area is 145 Å². The van der Waals surface area contributed by atoms with Crippen molar-refractivity contribution in [2.24, 2.45) is 0 Å². The van der Waals surface area contributed by atoms with Crippen molar-refractivity contribution in [3.05, 3.63) is 59.7 Å². The number of hydrogen-bond donors (Lipinski definition) is 1. The minimum absolute atomic E-state index is 0.126. The first kappa shape index (κ1) is 15.8. The normalized spacial score (nSPS) is 12.8. The molecule has 0 fully saturated rings. The fourth-order valence-electron chi connectivity index (χ4n) is 2.62. The van der Waals surface area contributed by atoms with Gasteiger partial charge in [0, 0.05) is 5.56 Å². The number of imidazole rings is 1. The second-order valence-corrected chi connectivity index (χ2v) is 6.83. The Balaban J connectivity index is 1.66. The molecule has 5 nitrogen and oxygen atoms in total. The van der Waals surface area contributed by atoms with Gasteiger partial charge in [-0.1, -0.05) is 23.9 Å². The number of hydrogen-bond acceptors (Lipinski definition) is 4. The van der Waals surface area contributed by atoms with E-state index in [1.807, 2.05) is 28.7 Å². The third-order valence-corrected chi connectivity index (χ3v) is 4.91. The van der Waals surface area contributed by atoms with Crippen molar-refractivity contribution < 1.29 is 13.6 Å². The van der Waals surface area contributed by atoms with Gasteiger partial charge in [-0.2, -0.15) is 0 Å². The molecule has 2 aromatic carbocycles. The number of aromatic nitrogens is 4. The molecule has 1 N–H and O–H groups in total. The first-order valence-electron chi connectivity index (χ1n) is 7.52. The van der Waals surface area contributed by atoms with Crippen LogP contribution in [-0.2, 0) is 0 Å². The van der Waals surface area contributed by atoms with Gasteiger partial charge >= 0.3 is 0 Å². The molecular formula is C17H12F2N4OS. The zero-order valence-corrected chi connectivity index (χ0v) is 13.8. The summed E-state index contributed by atoms with van der Waals surface area (Å²) in [4.78, 5) is 16.9. The Morgan fingerprint density at radius 3 is 2.80 bits per heavy atom. The molecule has 4 aromatic rings. The van der Waals surface area contributed by atoms with Crippen LogP contribution >= 0.6 is 11.8 Å². The van der Waals surface area contributed by atoms with E-state index in [2.05, 4.69) is 15.2 Å². The smallest absolute Gasteiger partial charge is 0.231 e. The Kier molecular flexibility index (Phi) is 3.76. The van der Waals surface area contributed by atoms with Gasteiger partial charge in [-0.15, -0.1) is 5.10 Å². The van der Waals surface area contributed by atoms with Crippen molar-refractivity contribution in [3.8, 4) is 0 Å². The topological polar surface area (TPSA) is 63.1 Å². The summed E-state index contributed by atoms with van der Waals surface area (Å²) in [5.41, 5.74) is 1.82. The molecule has 1 atom stereocenters. The Hall–Kier alpha value is -2.74. The highest BCUT2D eigenvalue weighted by atomic mass is 32.2. The van der Waals surface area contributed by atoms with Crippen molar-refractivity contribution in [3.63, 3.8) is 0 Å². The first-order chi connectivity index (χ1) is 12.0. The van der Waals surface area contributed by atoms with Gasteiger partial charge < -0.3 is 0 Å². The fourth-order valence-corrected chi connectivity index (χ4v) is 3.57. The van der Waals surface area contributed by atoms with Crippen molar-refractivity contribution in [2.75, 3.05) is 0 Å². The molecule has 25 heavy (non-hydrogen) atoms. The van der Waals surface area contributed by atoms with Crippen molar-refractivity contribution in [1.29, 1.82) is 0 Å². The second-order valence-electron chi connectivity index (χ2n) is 5.52. The van der Waals surface area contributed by atoms with E-state index in [4.69, 9.17) is 0 Å². The van der Waals surface area contributed by atoms with Crippen LogP contribution in [0.15, 0.2) is 47.6 Å². The highest BCUT2D eigenvalue weighted by Crippen LogP contribution is 2.27. The molecule has 0 saturated carbocycles. The molecule has 4 rings (SSSR count). The van der Waals surface area contributed by atoms with E-state index < -0.39 is 16.9 Å². The number of halogens is 2. The van der Waals surface area contributed by atoms with Gasteiger partial charge in [-0.25, -0.2) is 18.9 Å². The minimum atomic E-state index is -1.04. The molecule has 0 radical (unpaired) electrons. The van der Waals surface area contributed by atoms with E-state index in [1.165, 1.54) is 17.8 Å². The molecule has 126 valence electrons. The van der Waals surface area contributed by atoms with Crippen LogP contribution < -0.4 is 0 Å². The third-order valence-electron chi connectivity index (χ3n) is 3.86. The SMILES string of the molecule is CC(Sc1n[nH]c2nc3ccccc3n12)C(=O)c1ccc(F)c(F)c1. The summed E-state index contributed by atoms with van der Waals surface area (Å²) in [5.74, 6) is -1.73. The lowest BCUT2D eigenvalue weighted by atomic mass is 10.1. The Morgan fingerprint density at radius 2 is 2.00 bits per heavy atom. The van der Waals surface area contributed by atoms with Gasteiger partial charge in [0.05, 0.1) is 16.3 Å². The van der Waals surface area contributed by atoms with Crippen LogP contribution in [0.1, 0.15) is 17.3 Å². The minimum Gasteiger partial charge on any atom is -0.293 e. The number of ketones is 1. The number of H-pyrrole nitrogens is 1. The largest absolute Gasteiger partial charge is 0.293 e. The van der Waals surface area contributed by atoms with Gasteiger partial charge in [0.25, 0.3) is 0 Å². The monoisotopic (exact) mass is 358 g/mol. The maximum absolute atomic E-state index is 13.4. The number of rotatable bonds is 4. The van der Waals surface area contributed by atoms with Crippen LogP contribution in [0.5, 0.6) is 0 Å². The number of Topliss-reactive ketones (excluding diaryl/α,β-unsaturated/α-hetero) is 1. The molecule has 0 amide bonds. The molecule has 0 bridgehead atoms. The highest BCUT2D eigenvalue weighted by molar-refractivity contribution is 8.00. The van der Waals surface area contributed by atoms with Crippen LogP contribution in [0.4, 0.5) is 8.78 Å². The lowest BCUT2D eigenvalue weighted by Crippen LogP contribution is -2.14. The summed E-state index contributed by atoms with van der Waals surface area (Å²) in [6.07, 6.45) is 0. The van der Waals surface area contributed by atoms with Gasteiger partial charge in [0.15, 0.2) is 22.6 Å². The molecule has 2 heterocycles. The van der Waals surface area contributed by atoms with Crippen LogP contribution in [0.3, 0.4) is 0 Å². The lowest BCUT2D eigenvalue weighted by Gasteiger charge is -2.09. The number of benzene rings is 2. The number of carbonyl (C=O) groups excluding carboxylic acids is 1. The van der Waals surface area contributed by atoms with Gasteiger partial charge in [-0.3, -0.25) is 9.20 Å². The predicted molar refractivity (Wildman–Crippen MR) is 90.9 cm³/mol. The third kappa shape index (κ3) is 2.68. The van der Waals surface area contributed by atoms with E-state index in [0.29, 0.717) is 10.9 Å². The fraction of sp³-hybridized carbons (Fsp3) is 0.118. The standard InChI is InChI=1S/C17H12F2N4OS/c1-9(15(24)10-6-7-11(18)12(19)8-10)25-17-22-21-16-20-13-4-2-3-5-14(13)23(16)17/h2-9H,1H3,(H,20,21). The number of nitrogens with zero attached hydrogens (tertiary/aromatic N) is 3. The number of carbonyl (C=O) groups is 1. The van der Waals surface area contributed by atoms with Crippen molar-refractivity contribution in [2.45, 2.75) is 17.3 Å². The summed E-state index contributed by atoms with van der Waals surface area (Å²) >= 11 is 1.23. The summed E-state index contributed by atoms with van der Waals surface area (Å²) in [7, 11) is 0. The molecule has 2 aromatic heterocycles. The van der Waals surface area contributed by atoms with Crippen LogP contribution in [0.25, 0.3) is 16.8 Å². The van der Waals surface area contributed by atoms with Crippen molar-refractivity contribution >= 4 is 34.4 Å². The zero-order valence-electron chi connectivity index (χ0n) is 13.0. The molecule has 0 saturated heterocycles. The molecule has 0 aliphatic rings. The lowest BCUT2D eigenvalue weighted by molar-refractivity contribution is 0.0993. The molecular weight excluding hydrogens is 346 g/mol. The number of nitrogens with one attached hydrogen (secondary N) is 1. The van der Waals surface area contributed by atoms with Gasteiger partial charge in [0.2, 0.25) is 5.78 Å². The molecule has 1 unspecified atom stereocenters. The first-order valence-corrected chi connectivity index (χ1v) is 8.40. The van der Waals surface area contributed by atoms with Gasteiger partial charge in [0.1, 0.15) is 0 Å². The van der Waals surface area contributed by atoms with Crippen LogP contribution in [0.2, 0.25) is 0 Å². The van der Waals surface area contributed by atoms with Crippen LogP contribution in [-0.4, -0.2) is 30.6 Å². The van der Waals surface area contributed by atoms with E-state index in [1.54, 1.807) is 6.92 Å². The van der Waals surface area contributed by atoms with Crippen molar-refractivity contribution in [1.82, 2.24) is 19.6 Å². The molecule has 0 aliphatic heterocycles.